The van der Waals surface area contributed by atoms with E-state index in [4.69, 9.17) is 4.42 Å². The number of benzene rings is 1. The minimum atomic E-state index is -3.50. The number of sulfonamides is 1. The fourth-order valence-corrected chi connectivity index (χ4v) is 3.01. The Bertz CT molecular complexity index is 861. The summed E-state index contributed by atoms with van der Waals surface area (Å²) in [5.74, 6) is -0.399. The van der Waals surface area contributed by atoms with Crippen LogP contribution < -0.4 is 5.32 Å². The number of amides is 1. The van der Waals surface area contributed by atoms with Crippen LogP contribution in [0.2, 0.25) is 0 Å². The Morgan fingerprint density at radius 1 is 1.23 bits per heavy atom. The molecule has 0 saturated heterocycles. The third-order valence-electron chi connectivity index (χ3n) is 3.54. The van der Waals surface area contributed by atoms with Crippen molar-refractivity contribution < 1.29 is 27.2 Å². The van der Waals surface area contributed by atoms with Crippen molar-refractivity contribution in [3.63, 3.8) is 0 Å². The summed E-state index contributed by atoms with van der Waals surface area (Å²) in [5, 5.41) is 2.64. The van der Waals surface area contributed by atoms with Crippen LogP contribution in [0.3, 0.4) is 0 Å². The Balaban J connectivity index is 1.97. The van der Waals surface area contributed by atoms with Crippen molar-refractivity contribution in [2.45, 2.75) is 13.0 Å². The quantitative estimate of drug-likeness (QED) is 0.701. The first-order valence-electron chi connectivity index (χ1n) is 7.75. The second-order valence-electron chi connectivity index (χ2n) is 5.55. The Kier molecular flexibility index (Phi) is 6.53. The number of methoxy groups -OCH3 is 1. The van der Waals surface area contributed by atoms with Gasteiger partial charge < -0.3 is 14.5 Å². The molecule has 26 heavy (non-hydrogen) atoms. The third kappa shape index (κ3) is 5.71. The number of esters is 1. The molecule has 0 atom stereocenters. The number of carbonyl (C=O) groups excluding carboxylic acids is 2. The molecule has 0 radical (unpaired) electrons. The molecule has 8 nitrogen and oxygen atoms in total. The Hall–Kier alpha value is -2.65. The predicted octanol–water partition coefficient (Wildman–Crippen LogP) is 1.86. The third-order valence-corrected chi connectivity index (χ3v) is 4.79. The molecular weight excluding hydrogens is 360 g/mol. The number of furan rings is 1. The summed E-state index contributed by atoms with van der Waals surface area (Å²) in [6, 6.07) is 9.62. The van der Waals surface area contributed by atoms with Crippen LogP contribution in [0.1, 0.15) is 22.5 Å². The summed E-state index contributed by atoms with van der Waals surface area (Å²) in [7, 11) is -2.23. The first-order chi connectivity index (χ1) is 12.3. The Morgan fingerprint density at radius 2 is 2.00 bits per heavy atom. The molecule has 9 heteroatoms. The predicted molar refractivity (Wildman–Crippen MR) is 95.0 cm³/mol. The van der Waals surface area contributed by atoms with Crippen molar-refractivity contribution >= 4 is 27.6 Å². The van der Waals surface area contributed by atoms with Gasteiger partial charge in [0.1, 0.15) is 5.76 Å². The van der Waals surface area contributed by atoms with Crippen molar-refractivity contribution in [2.24, 2.45) is 0 Å². The summed E-state index contributed by atoms with van der Waals surface area (Å²) >= 11 is 0. The van der Waals surface area contributed by atoms with Gasteiger partial charge in [-0.1, -0.05) is 6.07 Å². The van der Waals surface area contributed by atoms with E-state index in [1.807, 2.05) is 0 Å². The molecule has 1 N–H and O–H groups in total. The topological polar surface area (TPSA) is 106 Å². The molecule has 2 rings (SSSR count). The average Bonchev–Trinajstić information content (AvgIpc) is 3.10. The number of anilines is 1. The number of nitrogens with one attached hydrogen (secondary N) is 1. The van der Waals surface area contributed by atoms with Crippen LogP contribution >= 0.6 is 0 Å². The molecule has 0 saturated carbocycles. The average molecular weight is 380 g/mol. The van der Waals surface area contributed by atoms with Crippen LogP contribution in [0.5, 0.6) is 0 Å². The van der Waals surface area contributed by atoms with Gasteiger partial charge in [-0.25, -0.2) is 13.2 Å². The molecule has 1 aromatic heterocycles. The van der Waals surface area contributed by atoms with E-state index in [1.165, 1.54) is 19.4 Å². The van der Waals surface area contributed by atoms with E-state index in [2.05, 4.69) is 10.1 Å². The molecule has 0 spiro atoms. The molecule has 0 bridgehead atoms. The molecule has 0 unspecified atom stereocenters. The highest BCUT2D eigenvalue weighted by molar-refractivity contribution is 7.88. The van der Waals surface area contributed by atoms with Gasteiger partial charge in [-0.3, -0.25) is 4.79 Å². The fourth-order valence-electron chi connectivity index (χ4n) is 2.23. The maximum absolute atomic E-state index is 12.1. The maximum Gasteiger partial charge on any atom is 0.337 e. The van der Waals surface area contributed by atoms with Crippen molar-refractivity contribution in [1.29, 1.82) is 0 Å². The zero-order chi connectivity index (χ0) is 19.2. The van der Waals surface area contributed by atoms with Gasteiger partial charge in [-0.15, -0.1) is 0 Å². The SMILES string of the molecule is COC(=O)c1cccc(NC(=O)CCN(Cc2ccco2)S(C)(=O)=O)c1. The highest BCUT2D eigenvalue weighted by Gasteiger charge is 2.19. The molecular formula is C17H20N2O6S. The van der Waals surface area contributed by atoms with E-state index >= 15 is 0 Å². The number of carbonyl (C=O) groups is 2. The van der Waals surface area contributed by atoms with Crippen LogP contribution in [0.25, 0.3) is 0 Å². The van der Waals surface area contributed by atoms with Gasteiger partial charge >= 0.3 is 5.97 Å². The summed E-state index contributed by atoms with van der Waals surface area (Å²) in [6.07, 6.45) is 2.49. The van der Waals surface area contributed by atoms with Gasteiger partial charge in [-0.2, -0.15) is 4.31 Å². The number of nitrogens with zero attached hydrogens (tertiary/aromatic N) is 1. The van der Waals surface area contributed by atoms with E-state index in [0.29, 0.717) is 17.0 Å². The zero-order valence-electron chi connectivity index (χ0n) is 14.5. The van der Waals surface area contributed by atoms with Gasteiger partial charge in [0, 0.05) is 18.7 Å². The van der Waals surface area contributed by atoms with Crippen molar-refractivity contribution in [2.75, 3.05) is 25.2 Å². The Morgan fingerprint density at radius 3 is 2.62 bits per heavy atom. The van der Waals surface area contributed by atoms with Crippen molar-refractivity contribution in [1.82, 2.24) is 4.31 Å². The second-order valence-corrected chi connectivity index (χ2v) is 7.53. The van der Waals surface area contributed by atoms with E-state index in [0.717, 1.165) is 10.6 Å². The molecule has 0 aliphatic rings. The van der Waals surface area contributed by atoms with Crippen LogP contribution in [0.4, 0.5) is 5.69 Å². The van der Waals surface area contributed by atoms with E-state index in [-0.39, 0.29) is 25.4 Å². The van der Waals surface area contributed by atoms with Gasteiger partial charge in [0.2, 0.25) is 15.9 Å². The number of rotatable bonds is 8. The monoisotopic (exact) mass is 380 g/mol. The second kappa shape index (κ2) is 8.63. The highest BCUT2D eigenvalue weighted by Crippen LogP contribution is 2.13. The van der Waals surface area contributed by atoms with Crippen LogP contribution in [0.15, 0.2) is 47.1 Å². The largest absolute Gasteiger partial charge is 0.468 e. The number of hydrogen-bond acceptors (Lipinski definition) is 6. The van der Waals surface area contributed by atoms with Gasteiger partial charge in [0.15, 0.2) is 0 Å². The minimum Gasteiger partial charge on any atom is -0.468 e. The molecule has 1 aromatic carbocycles. The summed E-state index contributed by atoms with van der Waals surface area (Å²) in [6.45, 7) is 0.0546. The standard InChI is InChI=1S/C17H20N2O6S/c1-24-17(21)13-5-3-6-14(11-13)18-16(20)8-9-19(26(2,22)23)12-15-7-4-10-25-15/h3-7,10-11H,8-9,12H2,1-2H3,(H,18,20). The number of hydrogen-bond donors (Lipinski definition) is 1. The van der Waals surface area contributed by atoms with Crippen molar-refractivity contribution in [3.05, 3.63) is 54.0 Å². The fraction of sp³-hybridized carbons (Fsp3) is 0.294. The Labute approximate surface area is 151 Å². The van der Waals surface area contributed by atoms with Gasteiger partial charge in [0.05, 0.1) is 31.7 Å². The van der Waals surface area contributed by atoms with Crippen molar-refractivity contribution in [3.8, 4) is 0 Å². The maximum atomic E-state index is 12.1. The van der Waals surface area contributed by atoms with Crippen LogP contribution in [-0.2, 0) is 26.1 Å². The minimum absolute atomic E-state index is 0.00204. The summed E-state index contributed by atoms with van der Waals surface area (Å²) < 4.78 is 34.7. The smallest absolute Gasteiger partial charge is 0.337 e. The highest BCUT2D eigenvalue weighted by atomic mass is 32.2. The molecule has 0 aliphatic heterocycles. The molecule has 0 fully saturated rings. The molecule has 1 amide bonds. The summed E-state index contributed by atoms with van der Waals surface area (Å²) in [5.41, 5.74) is 0.732. The lowest BCUT2D eigenvalue weighted by molar-refractivity contribution is -0.116. The van der Waals surface area contributed by atoms with Crippen LogP contribution in [-0.4, -0.2) is 44.5 Å². The van der Waals surface area contributed by atoms with Crippen LogP contribution in [0, 0.1) is 0 Å². The van der Waals surface area contributed by atoms with E-state index < -0.39 is 16.0 Å². The molecule has 140 valence electrons. The first-order valence-corrected chi connectivity index (χ1v) is 9.60. The van der Waals surface area contributed by atoms with E-state index in [9.17, 15) is 18.0 Å². The molecule has 0 aliphatic carbocycles. The lowest BCUT2D eigenvalue weighted by atomic mass is 10.2. The lowest BCUT2D eigenvalue weighted by Gasteiger charge is -2.18. The number of ether oxygens (including phenoxy) is 1. The normalized spacial score (nSPS) is 11.3. The van der Waals surface area contributed by atoms with Gasteiger partial charge in [-0.05, 0) is 30.3 Å². The first kappa shape index (κ1) is 19.7. The molecule has 2 aromatic rings. The lowest BCUT2D eigenvalue weighted by Crippen LogP contribution is -2.32. The van der Waals surface area contributed by atoms with E-state index in [1.54, 1.807) is 30.3 Å². The molecule has 1 heterocycles. The summed E-state index contributed by atoms with van der Waals surface area (Å²) in [4.78, 5) is 23.6. The zero-order valence-corrected chi connectivity index (χ0v) is 15.3. The van der Waals surface area contributed by atoms with Gasteiger partial charge in [0.25, 0.3) is 0 Å².